The van der Waals surface area contributed by atoms with E-state index in [1.807, 2.05) is 12.1 Å². The number of carbonyl (C=O) groups excluding carboxylic acids is 1. The summed E-state index contributed by atoms with van der Waals surface area (Å²) in [6, 6.07) is 7.19. The molecule has 3 heteroatoms. The fourth-order valence-corrected chi connectivity index (χ4v) is 1.29. The average molecular weight is 252 g/mol. The summed E-state index contributed by atoms with van der Waals surface area (Å²) < 4.78 is 0.952. The lowest BCUT2D eigenvalue weighted by Crippen LogP contribution is -2.26. The van der Waals surface area contributed by atoms with Crippen LogP contribution in [0.3, 0.4) is 0 Å². The topological polar surface area (TPSA) is 20.3 Å². The zero-order valence-electron chi connectivity index (χ0n) is 7.83. The van der Waals surface area contributed by atoms with Crippen molar-refractivity contribution >= 4 is 21.8 Å². The van der Waals surface area contributed by atoms with Crippen molar-refractivity contribution in [3.05, 3.63) is 34.3 Å². The lowest BCUT2D eigenvalue weighted by Gasteiger charge is -2.13. The van der Waals surface area contributed by atoms with Crippen molar-refractivity contribution in [1.82, 2.24) is 4.90 Å². The van der Waals surface area contributed by atoms with Crippen LogP contribution in [0.25, 0.3) is 0 Å². The molecule has 0 N–H and O–H groups in total. The fraction of sp³-hybridized carbons (Fsp3) is 0.182. The number of hydrogen-bond acceptors (Lipinski definition) is 1. The molecule has 0 aliphatic carbocycles. The summed E-state index contributed by atoms with van der Waals surface area (Å²) in [4.78, 5) is 13.2. The zero-order chi connectivity index (χ0) is 10.6. The SMILES string of the molecule is C#CCN(C)C(=O)c1ccc(Br)cc1. The third-order valence-corrected chi connectivity index (χ3v) is 2.29. The van der Waals surface area contributed by atoms with Gasteiger partial charge in [0.25, 0.3) is 5.91 Å². The molecular formula is C11H10BrNO. The van der Waals surface area contributed by atoms with Crippen LogP contribution in [0, 0.1) is 12.3 Å². The van der Waals surface area contributed by atoms with Gasteiger partial charge < -0.3 is 4.90 Å². The Bertz CT molecular complexity index is 364. The summed E-state index contributed by atoms with van der Waals surface area (Å²) in [5.41, 5.74) is 0.644. The molecule has 1 aromatic carbocycles. The smallest absolute Gasteiger partial charge is 0.254 e. The Morgan fingerprint density at radius 3 is 2.57 bits per heavy atom. The summed E-state index contributed by atoms with van der Waals surface area (Å²) in [6.45, 7) is 0.328. The monoisotopic (exact) mass is 251 g/mol. The van der Waals surface area contributed by atoms with Crippen LogP contribution in [0.15, 0.2) is 28.7 Å². The Morgan fingerprint density at radius 1 is 1.50 bits per heavy atom. The number of halogens is 1. The van der Waals surface area contributed by atoms with Crippen molar-refractivity contribution in [2.24, 2.45) is 0 Å². The van der Waals surface area contributed by atoms with Gasteiger partial charge in [-0.1, -0.05) is 21.9 Å². The minimum atomic E-state index is -0.0598. The molecule has 14 heavy (non-hydrogen) atoms. The van der Waals surface area contributed by atoms with Crippen LogP contribution in [0.1, 0.15) is 10.4 Å². The van der Waals surface area contributed by atoms with E-state index in [0.29, 0.717) is 12.1 Å². The molecule has 0 unspecified atom stereocenters. The van der Waals surface area contributed by atoms with Gasteiger partial charge >= 0.3 is 0 Å². The van der Waals surface area contributed by atoms with Crippen LogP contribution in [0.2, 0.25) is 0 Å². The van der Waals surface area contributed by atoms with E-state index in [0.717, 1.165) is 4.47 Å². The van der Waals surface area contributed by atoms with Crippen LogP contribution in [0.4, 0.5) is 0 Å². The fourth-order valence-electron chi connectivity index (χ4n) is 1.02. The van der Waals surface area contributed by atoms with E-state index >= 15 is 0 Å². The highest BCUT2D eigenvalue weighted by Crippen LogP contribution is 2.11. The van der Waals surface area contributed by atoms with E-state index < -0.39 is 0 Å². The number of amides is 1. The molecule has 0 saturated heterocycles. The van der Waals surface area contributed by atoms with Gasteiger partial charge in [0.15, 0.2) is 0 Å². The van der Waals surface area contributed by atoms with E-state index in [1.54, 1.807) is 19.2 Å². The molecule has 0 radical (unpaired) electrons. The summed E-state index contributed by atoms with van der Waals surface area (Å²) in [5, 5.41) is 0. The highest BCUT2D eigenvalue weighted by atomic mass is 79.9. The predicted molar refractivity (Wildman–Crippen MR) is 59.9 cm³/mol. The first kappa shape index (κ1) is 10.8. The molecule has 0 aliphatic heterocycles. The van der Waals surface area contributed by atoms with E-state index in [2.05, 4.69) is 21.9 Å². The number of carbonyl (C=O) groups is 1. The number of nitrogens with zero attached hydrogens (tertiary/aromatic N) is 1. The van der Waals surface area contributed by atoms with Crippen molar-refractivity contribution in [1.29, 1.82) is 0 Å². The molecule has 0 fully saturated rings. The molecule has 0 aromatic heterocycles. The third-order valence-electron chi connectivity index (χ3n) is 1.77. The first-order valence-corrected chi connectivity index (χ1v) is 4.89. The molecule has 1 aromatic rings. The van der Waals surface area contributed by atoms with E-state index in [-0.39, 0.29) is 5.91 Å². The van der Waals surface area contributed by atoms with Gasteiger partial charge in [-0.3, -0.25) is 4.79 Å². The maximum atomic E-state index is 11.7. The number of benzene rings is 1. The third kappa shape index (κ3) is 2.61. The number of terminal acetylenes is 1. The highest BCUT2D eigenvalue weighted by Gasteiger charge is 2.09. The Hall–Kier alpha value is -1.27. The van der Waals surface area contributed by atoms with E-state index in [1.165, 1.54) is 4.90 Å². The second kappa shape index (κ2) is 4.83. The van der Waals surface area contributed by atoms with Gasteiger partial charge in [0.1, 0.15) is 0 Å². The maximum Gasteiger partial charge on any atom is 0.254 e. The van der Waals surface area contributed by atoms with E-state index in [4.69, 9.17) is 6.42 Å². The van der Waals surface area contributed by atoms with Crippen LogP contribution >= 0.6 is 15.9 Å². The van der Waals surface area contributed by atoms with Crippen molar-refractivity contribution in [2.45, 2.75) is 0 Å². The van der Waals surface area contributed by atoms with Gasteiger partial charge in [0.05, 0.1) is 6.54 Å². The van der Waals surface area contributed by atoms with Crippen molar-refractivity contribution < 1.29 is 4.79 Å². The zero-order valence-corrected chi connectivity index (χ0v) is 9.41. The first-order chi connectivity index (χ1) is 6.65. The molecular weight excluding hydrogens is 242 g/mol. The molecule has 0 atom stereocenters. The molecule has 1 amide bonds. The highest BCUT2D eigenvalue weighted by molar-refractivity contribution is 9.10. The Morgan fingerprint density at radius 2 is 2.07 bits per heavy atom. The van der Waals surface area contributed by atoms with Crippen molar-refractivity contribution in [2.75, 3.05) is 13.6 Å². The summed E-state index contributed by atoms with van der Waals surface area (Å²) in [5.74, 6) is 2.37. The average Bonchev–Trinajstić information content (AvgIpc) is 2.18. The lowest BCUT2D eigenvalue weighted by atomic mass is 10.2. The van der Waals surface area contributed by atoms with Crippen LogP contribution in [-0.2, 0) is 0 Å². The standard InChI is InChI=1S/C11H10BrNO/c1-3-8-13(2)11(14)9-4-6-10(12)7-5-9/h1,4-7H,8H2,2H3. The van der Waals surface area contributed by atoms with E-state index in [9.17, 15) is 4.79 Å². The summed E-state index contributed by atoms with van der Waals surface area (Å²) >= 11 is 3.31. The van der Waals surface area contributed by atoms with Gasteiger partial charge in [0.2, 0.25) is 0 Å². The maximum absolute atomic E-state index is 11.7. The van der Waals surface area contributed by atoms with Gasteiger partial charge in [-0.05, 0) is 24.3 Å². The quantitative estimate of drug-likeness (QED) is 0.738. The molecule has 1 rings (SSSR count). The molecule has 72 valence electrons. The summed E-state index contributed by atoms with van der Waals surface area (Å²) in [7, 11) is 1.68. The largest absolute Gasteiger partial charge is 0.331 e. The van der Waals surface area contributed by atoms with Gasteiger partial charge in [0, 0.05) is 17.1 Å². The molecule has 0 bridgehead atoms. The second-order valence-electron chi connectivity index (χ2n) is 2.87. The van der Waals surface area contributed by atoms with Gasteiger partial charge in [-0.15, -0.1) is 6.42 Å². The van der Waals surface area contributed by atoms with Crippen LogP contribution in [0.5, 0.6) is 0 Å². The second-order valence-corrected chi connectivity index (χ2v) is 3.79. The minimum Gasteiger partial charge on any atom is -0.331 e. The number of rotatable bonds is 2. The lowest BCUT2D eigenvalue weighted by molar-refractivity contribution is 0.0812. The number of hydrogen-bond donors (Lipinski definition) is 0. The van der Waals surface area contributed by atoms with Crippen LogP contribution in [-0.4, -0.2) is 24.4 Å². The molecule has 0 aliphatic rings. The minimum absolute atomic E-state index is 0.0598. The van der Waals surface area contributed by atoms with Gasteiger partial charge in [-0.2, -0.15) is 0 Å². The Labute approximate surface area is 92.0 Å². The van der Waals surface area contributed by atoms with Crippen molar-refractivity contribution in [3.63, 3.8) is 0 Å². The van der Waals surface area contributed by atoms with Crippen LogP contribution < -0.4 is 0 Å². The predicted octanol–water partition coefficient (Wildman–Crippen LogP) is 2.15. The Kier molecular flexibility index (Phi) is 3.73. The van der Waals surface area contributed by atoms with Crippen molar-refractivity contribution in [3.8, 4) is 12.3 Å². The molecule has 2 nitrogen and oxygen atoms in total. The molecule has 0 saturated carbocycles. The summed E-state index contributed by atoms with van der Waals surface area (Å²) in [6.07, 6.45) is 5.12. The molecule has 0 heterocycles. The Balaban J connectivity index is 2.80. The van der Waals surface area contributed by atoms with Gasteiger partial charge in [-0.25, -0.2) is 0 Å². The normalized spacial score (nSPS) is 9.21. The molecule has 0 spiro atoms. The first-order valence-electron chi connectivity index (χ1n) is 4.09.